The van der Waals surface area contributed by atoms with Crippen molar-refractivity contribution in [2.24, 2.45) is 0 Å². The van der Waals surface area contributed by atoms with Crippen molar-refractivity contribution in [3.63, 3.8) is 0 Å². The highest BCUT2D eigenvalue weighted by molar-refractivity contribution is 6.12. The van der Waals surface area contributed by atoms with Crippen molar-refractivity contribution in [1.82, 2.24) is 15.0 Å². The summed E-state index contributed by atoms with van der Waals surface area (Å²) in [5.74, 6) is 1.42. The van der Waals surface area contributed by atoms with Crippen LogP contribution in [0.5, 0.6) is 0 Å². The van der Waals surface area contributed by atoms with Crippen molar-refractivity contribution in [3.05, 3.63) is 164 Å². The summed E-state index contributed by atoms with van der Waals surface area (Å²) in [7, 11) is 0. The second-order valence-electron chi connectivity index (χ2n) is 12.1. The molecule has 0 aliphatic heterocycles. The molecule has 234 valence electrons. The average molecular weight is 647 g/mol. The highest BCUT2D eigenvalue weighted by atomic mass is 16.3. The standard InChI is InChI=1S/C45H27N3O2/c1-4-12-28(13-5-1)33-24-37(29-14-6-2-7-15-29)42-38(25-33)36-23-21-32(27-41(36)50-42)45-47-43(30-16-8-3-9-17-30)46-44(48-45)31-20-22-35-34-18-10-11-19-39(34)49-40(35)26-31/h1-27H/i2D,6D,7D,14D,15D. The Morgan fingerprint density at radius 1 is 0.380 bits per heavy atom. The Hall–Kier alpha value is -6.85. The number of hydrogen-bond acceptors (Lipinski definition) is 5. The van der Waals surface area contributed by atoms with Crippen molar-refractivity contribution in [2.45, 2.75) is 0 Å². The molecule has 0 bridgehead atoms. The van der Waals surface area contributed by atoms with Crippen LogP contribution in [0.15, 0.2) is 173 Å². The molecule has 0 fully saturated rings. The van der Waals surface area contributed by atoms with Crippen molar-refractivity contribution in [2.75, 3.05) is 0 Å². The van der Waals surface area contributed by atoms with Gasteiger partial charge in [0.2, 0.25) is 0 Å². The number of furan rings is 2. The van der Waals surface area contributed by atoms with E-state index in [1.54, 1.807) is 0 Å². The van der Waals surface area contributed by atoms with Gasteiger partial charge in [-0.25, -0.2) is 15.0 Å². The molecular weight excluding hydrogens is 615 g/mol. The highest BCUT2D eigenvalue weighted by Gasteiger charge is 2.18. The van der Waals surface area contributed by atoms with Crippen LogP contribution in [-0.2, 0) is 0 Å². The first-order chi connectivity index (χ1) is 26.8. The molecule has 10 aromatic rings. The molecule has 0 aliphatic carbocycles. The first-order valence-corrected chi connectivity index (χ1v) is 16.2. The molecule has 0 unspecified atom stereocenters. The van der Waals surface area contributed by atoms with Gasteiger partial charge < -0.3 is 8.83 Å². The molecule has 5 heteroatoms. The highest BCUT2D eigenvalue weighted by Crippen LogP contribution is 2.41. The van der Waals surface area contributed by atoms with Gasteiger partial charge in [0.25, 0.3) is 0 Å². The lowest BCUT2D eigenvalue weighted by Gasteiger charge is -2.08. The maximum atomic E-state index is 8.82. The fourth-order valence-electron chi connectivity index (χ4n) is 6.60. The fraction of sp³-hybridized carbons (Fsp3) is 0. The summed E-state index contributed by atoms with van der Waals surface area (Å²) in [6.45, 7) is 0. The van der Waals surface area contributed by atoms with Gasteiger partial charge in [0.1, 0.15) is 22.3 Å². The Balaban J connectivity index is 1.18. The molecular formula is C45H27N3O2. The van der Waals surface area contributed by atoms with E-state index in [1.165, 1.54) is 0 Å². The number of nitrogens with zero attached hydrogens (tertiary/aromatic N) is 3. The number of para-hydroxylation sites is 1. The van der Waals surface area contributed by atoms with Gasteiger partial charge in [-0.2, -0.15) is 0 Å². The van der Waals surface area contributed by atoms with Crippen molar-refractivity contribution >= 4 is 43.9 Å². The summed E-state index contributed by atoms with van der Waals surface area (Å²) < 4.78 is 55.4. The number of rotatable bonds is 5. The van der Waals surface area contributed by atoms with Gasteiger partial charge in [-0.05, 0) is 59.2 Å². The molecule has 50 heavy (non-hydrogen) atoms. The molecule has 0 radical (unpaired) electrons. The van der Waals surface area contributed by atoms with Gasteiger partial charge in [0.15, 0.2) is 17.5 Å². The number of hydrogen-bond donors (Lipinski definition) is 0. The minimum absolute atomic E-state index is 0.0732. The van der Waals surface area contributed by atoms with Gasteiger partial charge in [0.05, 0.1) is 6.85 Å². The Labute approximate surface area is 294 Å². The van der Waals surface area contributed by atoms with E-state index >= 15 is 0 Å². The van der Waals surface area contributed by atoms with Crippen molar-refractivity contribution < 1.29 is 15.7 Å². The zero-order valence-electron chi connectivity index (χ0n) is 31.4. The summed E-state index contributed by atoms with van der Waals surface area (Å²) in [6.07, 6.45) is 0. The third-order valence-corrected chi connectivity index (χ3v) is 9.01. The van der Waals surface area contributed by atoms with Crippen LogP contribution in [0.2, 0.25) is 0 Å². The van der Waals surface area contributed by atoms with Crippen molar-refractivity contribution in [3.8, 4) is 56.4 Å². The number of aromatic nitrogens is 3. The molecule has 0 spiro atoms. The normalized spacial score (nSPS) is 13.0. The molecule has 3 aromatic heterocycles. The molecule has 0 aliphatic rings. The maximum absolute atomic E-state index is 8.82. The summed E-state index contributed by atoms with van der Waals surface area (Å²) in [5.41, 5.74) is 6.97. The zero-order valence-corrected chi connectivity index (χ0v) is 26.4. The van der Waals surface area contributed by atoms with E-state index in [0.29, 0.717) is 39.8 Å². The summed E-state index contributed by atoms with van der Waals surface area (Å²) in [5, 5.41) is 3.57. The first-order valence-electron chi connectivity index (χ1n) is 18.7. The predicted molar refractivity (Wildman–Crippen MR) is 202 cm³/mol. The molecule has 0 amide bonds. The topological polar surface area (TPSA) is 65.0 Å². The minimum atomic E-state index is -0.451. The van der Waals surface area contributed by atoms with E-state index in [2.05, 4.69) is 0 Å². The van der Waals surface area contributed by atoms with Crippen LogP contribution in [0, 0.1) is 0 Å². The first kappa shape index (κ1) is 23.5. The van der Waals surface area contributed by atoms with Gasteiger partial charge in [-0.3, -0.25) is 0 Å². The number of benzene rings is 7. The summed E-state index contributed by atoms with van der Waals surface area (Å²) in [6, 6.07) is 41.1. The molecule has 0 atom stereocenters. The van der Waals surface area contributed by atoms with Crippen LogP contribution in [0.1, 0.15) is 6.85 Å². The van der Waals surface area contributed by atoms with Gasteiger partial charge >= 0.3 is 0 Å². The van der Waals surface area contributed by atoms with E-state index in [9.17, 15) is 0 Å². The lowest BCUT2D eigenvalue weighted by atomic mass is 9.95. The second kappa shape index (κ2) is 11.4. The van der Waals surface area contributed by atoms with E-state index in [0.717, 1.165) is 55.0 Å². The molecule has 5 nitrogen and oxygen atoms in total. The molecule has 7 aromatic carbocycles. The second-order valence-corrected chi connectivity index (χ2v) is 12.1. The lowest BCUT2D eigenvalue weighted by molar-refractivity contribution is 0.669. The van der Waals surface area contributed by atoms with Crippen LogP contribution < -0.4 is 0 Å². The largest absolute Gasteiger partial charge is 0.456 e. The van der Waals surface area contributed by atoms with Gasteiger partial charge in [0, 0.05) is 43.8 Å². The van der Waals surface area contributed by atoms with E-state index in [4.69, 9.17) is 30.6 Å². The van der Waals surface area contributed by atoms with Gasteiger partial charge in [-0.15, -0.1) is 0 Å². The van der Waals surface area contributed by atoms with Crippen LogP contribution in [0.3, 0.4) is 0 Å². The minimum Gasteiger partial charge on any atom is -0.456 e. The molecule has 0 saturated heterocycles. The third-order valence-electron chi connectivity index (χ3n) is 9.01. The molecule has 0 N–H and O–H groups in total. The smallest absolute Gasteiger partial charge is 0.164 e. The predicted octanol–water partition coefficient (Wildman–Crippen LogP) is 12.0. The van der Waals surface area contributed by atoms with Gasteiger partial charge in [-0.1, -0.05) is 121 Å². The third kappa shape index (κ3) is 4.75. The SMILES string of the molecule is [2H]c1c([2H])c([2H])c(-c2cc(-c3ccccc3)cc3c2oc2cc(-c4nc(-c5ccccc5)nc(-c5ccc6c(c5)oc5ccccc56)n4)ccc23)c([2H])c1[2H]. The van der Waals surface area contributed by atoms with E-state index < -0.39 is 18.1 Å². The quantitative estimate of drug-likeness (QED) is 0.186. The molecule has 3 heterocycles. The maximum Gasteiger partial charge on any atom is 0.164 e. The van der Waals surface area contributed by atoms with Crippen LogP contribution in [0.25, 0.3) is 100 Å². The Morgan fingerprint density at radius 2 is 0.940 bits per heavy atom. The number of fused-ring (bicyclic) bond motifs is 6. The van der Waals surface area contributed by atoms with E-state index in [1.807, 2.05) is 133 Å². The summed E-state index contributed by atoms with van der Waals surface area (Å²) >= 11 is 0. The van der Waals surface area contributed by atoms with Crippen molar-refractivity contribution in [1.29, 1.82) is 0 Å². The molecule has 0 saturated carbocycles. The van der Waals surface area contributed by atoms with Crippen LogP contribution >= 0.6 is 0 Å². The Bertz CT molecular complexity index is 3130. The lowest BCUT2D eigenvalue weighted by Crippen LogP contribution is -2.00. The van der Waals surface area contributed by atoms with Crippen LogP contribution in [-0.4, -0.2) is 15.0 Å². The molecule has 10 rings (SSSR count). The average Bonchev–Trinajstić information content (AvgIpc) is 3.80. The van der Waals surface area contributed by atoms with E-state index in [-0.39, 0.29) is 17.6 Å². The zero-order chi connectivity index (χ0) is 37.4. The monoisotopic (exact) mass is 646 g/mol. The Kier molecular flexibility index (Phi) is 5.35. The summed E-state index contributed by atoms with van der Waals surface area (Å²) in [4.78, 5) is 14.8. The fourth-order valence-corrected chi connectivity index (χ4v) is 6.60. The van der Waals surface area contributed by atoms with Crippen LogP contribution in [0.4, 0.5) is 0 Å². The Morgan fingerprint density at radius 3 is 1.64 bits per heavy atom.